The van der Waals surface area contributed by atoms with Gasteiger partial charge in [0.25, 0.3) is 0 Å². The predicted octanol–water partition coefficient (Wildman–Crippen LogP) is 1.87. The Hall–Kier alpha value is -1.55. The summed E-state index contributed by atoms with van der Waals surface area (Å²) in [6, 6.07) is 7.54. The zero-order valence-electron chi connectivity index (χ0n) is 11.8. The number of aliphatic hydroxyl groups is 1. The predicted molar refractivity (Wildman–Crippen MR) is 77.7 cm³/mol. The number of carbonyl (C=O) groups is 1. The second-order valence-electron chi connectivity index (χ2n) is 4.94. The summed E-state index contributed by atoms with van der Waals surface area (Å²) in [6.45, 7) is 3.92. The van der Waals surface area contributed by atoms with Crippen molar-refractivity contribution in [3.63, 3.8) is 0 Å². The number of nitrogens with two attached hydrogens (primary N) is 1. The highest BCUT2D eigenvalue weighted by Gasteiger charge is 2.26. The molecule has 1 amide bonds. The maximum atomic E-state index is 11.9. The average Bonchev–Trinajstić information content (AvgIpc) is 2.44. The molecule has 1 aromatic carbocycles. The van der Waals surface area contributed by atoms with Crippen molar-refractivity contribution in [3.8, 4) is 0 Å². The third kappa shape index (κ3) is 4.56. The van der Waals surface area contributed by atoms with Gasteiger partial charge in [-0.25, -0.2) is 0 Å². The van der Waals surface area contributed by atoms with Crippen LogP contribution in [0.25, 0.3) is 0 Å². The van der Waals surface area contributed by atoms with Crippen LogP contribution in [-0.4, -0.2) is 23.2 Å². The first kappa shape index (κ1) is 15.5. The summed E-state index contributed by atoms with van der Waals surface area (Å²) in [7, 11) is 0. The molecule has 0 radical (unpaired) electrons. The molecular weight excluding hydrogens is 240 g/mol. The molecule has 1 aromatic rings. The van der Waals surface area contributed by atoms with Crippen molar-refractivity contribution >= 4 is 11.6 Å². The Kier molecular flexibility index (Phi) is 5.83. The highest BCUT2D eigenvalue weighted by Crippen LogP contribution is 2.15. The Bertz CT molecular complexity index is 389. The first-order valence-electron chi connectivity index (χ1n) is 6.81. The van der Waals surface area contributed by atoms with Crippen molar-refractivity contribution in [2.24, 2.45) is 0 Å². The van der Waals surface area contributed by atoms with Crippen LogP contribution in [0.2, 0.25) is 0 Å². The minimum Gasteiger partial charge on any atom is -0.399 e. The summed E-state index contributed by atoms with van der Waals surface area (Å²) in [6.07, 6.45) is 2.56. The van der Waals surface area contributed by atoms with Gasteiger partial charge < -0.3 is 16.2 Å². The maximum absolute atomic E-state index is 11.9. The fourth-order valence-electron chi connectivity index (χ4n) is 1.99. The molecule has 4 nitrogen and oxygen atoms in total. The van der Waals surface area contributed by atoms with Crippen molar-refractivity contribution in [3.05, 3.63) is 29.8 Å². The fraction of sp³-hybridized carbons (Fsp3) is 0.533. The van der Waals surface area contributed by atoms with Crippen LogP contribution in [0, 0.1) is 0 Å². The van der Waals surface area contributed by atoms with E-state index in [2.05, 4.69) is 5.32 Å². The second kappa shape index (κ2) is 7.14. The lowest BCUT2D eigenvalue weighted by Gasteiger charge is -2.30. The number of aliphatic hydroxyl groups excluding tert-OH is 1. The zero-order chi connectivity index (χ0) is 14.3. The molecule has 0 saturated heterocycles. The van der Waals surface area contributed by atoms with Gasteiger partial charge in [-0.2, -0.15) is 0 Å². The smallest absolute Gasteiger partial charge is 0.220 e. The molecule has 0 aliphatic rings. The second-order valence-corrected chi connectivity index (χ2v) is 4.94. The number of amides is 1. The minimum absolute atomic E-state index is 0.0189. The number of aryl methyl sites for hydroxylation is 1. The number of nitrogen functional groups attached to an aromatic ring is 1. The van der Waals surface area contributed by atoms with Gasteiger partial charge in [0.1, 0.15) is 0 Å². The lowest BCUT2D eigenvalue weighted by molar-refractivity contribution is -0.123. The van der Waals surface area contributed by atoms with Crippen LogP contribution in [0.3, 0.4) is 0 Å². The van der Waals surface area contributed by atoms with Crippen LogP contribution in [0.4, 0.5) is 5.69 Å². The van der Waals surface area contributed by atoms with E-state index in [4.69, 9.17) is 5.73 Å². The normalized spacial score (nSPS) is 11.3. The summed E-state index contributed by atoms with van der Waals surface area (Å²) in [4.78, 5) is 11.9. The lowest BCUT2D eigenvalue weighted by Crippen LogP contribution is -2.50. The molecule has 0 unspecified atom stereocenters. The number of anilines is 1. The monoisotopic (exact) mass is 264 g/mol. The Morgan fingerprint density at radius 3 is 2.32 bits per heavy atom. The van der Waals surface area contributed by atoms with E-state index in [1.54, 1.807) is 0 Å². The number of carbonyl (C=O) groups excluding carboxylic acids is 1. The molecule has 106 valence electrons. The standard InChI is InChI=1S/C15H24N2O2/c1-3-15(4-2,11-18)17-14(19)10-7-12-5-8-13(16)9-6-12/h5-6,8-9,18H,3-4,7,10-11,16H2,1-2H3,(H,17,19). The van der Waals surface area contributed by atoms with Crippen molar-refractivity contribution in [1.82, 2.24) is 5.32 Å². The van der Waals surface area contributed by atoms with E-state index in [0.29, 0.717) is 12.8 Å². The first-order chi connectivity index (χ1) is 9.05. The summed E-state index contributed by atoms with van der Waals surface area (Å²) in [5.74, 6) is -0.0189. The Morgan fingerprint density at radius 1 is 1.26 bits per heavy atom. The number of hydrogen-bond donors (Lipinski definition) is 3. The summed E-state index contributed by atoms with van der Waals surface area (Å²) >= 11 is 0. The van der Waals surface area contributed by atoms with Gasteiger partial charge in [0.15, 0.2) is 0 Å². The SMILES string of the molecule is CCC(CC)(CO)NC(=O)CCc1ccc(N)cc1. The van der Waals surface area contributed by atoms with Gasteiger partial charge in [-0.05, 0) is 37.0 Å². The van der Waals surface area contributed by atoms with E-state index < -0.39 is 5.54 Å². The molecule has 19 heavy (non-hydrogen) atoms. The highest BCUT2D eigenvalue weighted by molar-refractivity contribution is 5.77. The van der Waals surface area contributed by atoms with Crippen LogP contribution in [-0.2, 0) is 11.2 Å². The highest BCUT2D eigenvalue weighted by atomic mass is 16.3. The largest absolute Gasteiger partial charge is 0.399 e. The number of rotatable bonds is 7. The molecule has 0 atom stereocenters. The summed E-state index contributed by atoms with van der Waals surface area (Å²) < 4.78 is 0. The topological polar surface area (TPSA) is 75.3 Å². The molecule has 0 heterocycles. The summed E-state index contributed by atoms with van der Waals surface area (Å²) in [5, 5.41) is 12.4. The fourth-order valence-corrected chi connectivity index (χ4v) is 1.99. The van der Waals surface area contributed by atoms with Crippen molar-refractivity contribution in [2.45, 2.75) is 45.1 Å². The van der Waals surface area contributed by atoms with Crippen molar-refractivity contribution in [2.75, 3.05) is 12.3 Å². The minimum atomic E-state index is -0.474. The van der Waals surface area contributed by atoms with E-state index in [1.165, 1.54) is 0 Å². The lowest BCUT2D eigenvalue weighted by atomic mass is 9.93. The Morgan fingerprint density at radius 2 is 1.84 bits per heavy atom. The number of nitrogens with one attached hydrogen (secondary N) is 1. The summed E-state index contributed by atoms with van der Waals surface area (Å²) in [5.41, 5.74) is 6.96. The Balaban J connectivity index is 2.49. The van der Waals surface area contributed by atoms with Crippen LogP contribution in [0.15, 0.2) is 24.3 Å². The quantitative estimate of drug-likeness (QED) is 0.658. The van der Waals surface area contributed by atoms with Gasteiger partial charge in [0.05, 0.1) is 12.1 Å². The molecule has 1 rings (SSSR count). The molecule has 0 aliphatic carbocycles. The van der Waals surface area contributed by atoms with Gasteiger partial charge in [0.2, 0.25) is 5.91 Å². The van der Waals surface area contributed by atoms with Gasteiger partial charge in [-0.1, -0.05) is 26.0 Å². The van der Waals surface area contributed by atoms with Crippen LogP contribution in [0.1, 0.15) is 38.7 Å². The van der Waals surface area contributed by atoms with Crippen LogP contribution >= 0.6 is 0 Å². The molecule has 0 saturated carbocycles. The molecule has 4 N–H and O–H groups in total. The first-order valence-corrected chi connectivity index (χ1v) is 6.81. The third-order valence-corrected chi connectivity index (χ3v) is 3.68. The van der Waals surface area contributed by atoms with Crippen LogP contribution < -0.4 is 11.1 Å². The van der Waals surface area contributed by atoms with Gasteiger partial charge in [-0.3, -0.25) is 4.79 Å². The Labute approximate surface area is 115 Å². The zero-order valence-corrected chi connectivity index (χ0v) is 11.8. The maximum Gasteiger partial charge on any atom is 0.220 e. The van der Waals surface area contributed by atoms with Gasteiger partial charge >= 0.3 is 0 Å². The van der Waals surface area contributed by atoms with E-state index in [-0.39, 0.29) is 12.5 Å². The van der Waals surface area contributed by atoms with E-state index >= 15 is 0 Å². The average molecular weight is 264 g/mol. The van der Waals surface area contributed by atoms with E-state index in [1.807, 2.05) is 38.1 Å². The molecule has 0 aliphatic heterocycles. The van der Waals surface area contributed by atoms with Crippen molar-refractivity contribution < 1.29 is 9.90 Å². The molecule has 0 spiro atoms. The van der Waals surface area contributed by atoms with E-state index in [0.717, 1.165) is 24.1 Å². The van der Waals surface area contributed by atoms with Crippen LogP contribution in [0.5, 0.6) is 0 Å². The molecule has 0 aromatic heterocycles. The number of hydrogen-bond acceptors (Lipinski definition) is 3. The number of benzene rings is 1. The van der Waals surface area contributed by atoms with Gasteiger partial charge in [0, 0.05) is 12.1 Å². The van der Waals surface area contributed by atoms with E-state index in [9.17, 15) is 9.90 Å². The third-order valence-electron chi connectivity index (χ3n) is 3.68. The molecule has 0 bridgehead atoms. The molecule has 0 fully saturated rings. The molecule has 4 heteroatoms. The van der Waals surface area contributed by atoms with Gasteiger partial charge in [-0.15, -0.1) is 0 Å². The van der Waals surface area contributed by atoms with Crippen molar-refractivity contribution in [1.29, 1.82) is 0 Å². The molecular formula is C15H24N2O2.